The Hall–Kier alpha value is -1.60. The third-order valence-electron chi connectivity index (χ3n) is 7.35. The van der Waals surface area contributed by atoms with E-state index in [-0.39, 0.29) is 35.1 Å². The van der Waals surface area contributed by atoms with Crippen molar-refractivity contribution in [3.63, 3.8) is 0 Å². The Bertz CT molecular complexity index is 898. The highest BCUT2D eigenvalue weighted by Crippen LogP contribution is 2.44. The number of hydrogen-bond donors (Lipinski definition) is 0. The molecule has 0 spiro atoms. The molecule has 4 aliphatic rings. The molecule has 7 heteroatoms. The maximum Gasteiger partial charge on any atom is 0.223 e. The van der Waals surface area contributed by atoms with E-state index in [2.05, 4.69) is 11.0 Å². The van der Waals surface area contributed by atoms with Gasteiger partial charge in [-0.15, -0.1) is 0 Å². The number of hydrogen-bond acceptors (Lipinski definition) is 4. The van der Waals surface area contributed by atoms with Gasteiger partial charge in [-0.2, -0.15) is 0 Å². The number of piperidine rings is 3. The van der Waals surface area contributed by atoms with E-state index in [1.165, 1.54) is 0 Å². The van der Waals surface area contributed by atoms with Gasteiger partial charge in [0, 0.05) is 31.6 Å². The van der Waals surface area contributed by atoms with Crippen molar-refractivity contribution in [2.75, 3.05) is 20.2 Å². The van der Waals surface area contributed by atoms with E-state index in [1.807, 2.05) is 18.2 Å². The Kier molecular flexibility index (Phi) is 4.86. The van der Waals surface area contributed by atoms with E-state index in [0.717, 1.165) is 49.8 Å². The summed E-state index contributed by atoms with van der Waals surface area (Å²) in [6, 6.07) is 8.28. The quantitative estimate of drug-likeness (QED) is 0.737. The van der Waals surface area contributed by atoms with Crippen LogP contribution in [-0.4, -0.2) is 61.1 Å². The SMILES string of the molecule is COc1cccc(C[C@H]2[C@H]3C[C@H](CN(S(=O)(=O)C4CC4)C3)[C@@H]3CCCC(=O)N32)c1. The second kappa shape index (κ2) is 7.27. The molecular formula is C22H30N2O4S. The fourth-order valence-electron chi connectivity index (χ4n) is 5.82. The number of carbonyl (C=O) groups excluding carboxylic acids is 1. The van der Waals surface area contributed by atoms with E-state index >= 15 is 0 Å². The molecule has 158 valence electrons. The summed E-state index contributed by atoms with van der Waals surface area (Å²) in [5.74, 6) is 1.54. The topological polar surface area (TPSA) is 66.9 Å². The largest absolute Gasteiger partial charge is 0.497 e. The summed E-state index contributed by atoms with van der Waals surface area (Å²) in [5.41, 5.74) is 1.15. The first kappa shape index (κ1) is 19.4. The number of methoxy groups -OCH3 is 1. The van der Waals surface area contributed by atoms with Gasteiger partial charge >= 0.3 is 0 Å². The predicted molar refractivity (Wildman–Crippen MR) is 110 cm³/mol. The van der Waals surface area contributed by atoms with Crippen LogP contribution in [0.1, 0.15) is 44.1 Å². The highest BCUT2D eigenvalue weighted by Gasteiger charge is 2.52. The molecule has 1 amide bonds. The van der Waals surface area contributed by atoms with E-state index in [9.17, 15) is 13.2 Å². The van der Waals surface area contributed by atoms with Crippen LogP contribution in [0.3, 0.4) is 0 Å². The summed E-state index contributed by atoms with van der Waals surface area (Å²) < 4.78 is 33.1. The lowest BCUT2D eigenvalue weighted by atomic mass is 9.71. The molecule has 0 aromatic heterocycles. The molecule has 6 nitrogen and oxygen atoms in total. The Morgan fingerprint density at radius 1 is 1.14 bits per heavy atom. The standard InChI is InChI=1S/C22H30N2O4S/c1-28-18-5-2-4-15(10-18)11-21-17-12-16(20-6-3-7-22(25)24(20)21)13-23(14-17)29(26,27)19-8-9-19/h2,4-5,10,16-17,19-21H,3,6-9,11-14H2,1H3/t16-,17+,20+,21+/m1/s1. The number of nitrogens with zero attached hydrogens (tertiary/aromatic N) is 2. The molecule has 2 bridgehead atoms. The van der Waals surface area contributed by atoms with Crippen LogP contribution in [0.25, 0.3) is 0 Å². The van der Waals surface area contributed by atoms with Crippen molar-refractivity contribution in [2.45, 2.75) is 62.3 Å². The molecule has 1 saturated carbocycles. The van der Waals surface area contributed by atoms with E-state index in [0.29, 0.717) is 19.5 Å². The van der Waals surface area contributed by atoms with Gasteiger partial charge in [0.2, 0.25) is 15.9 Å². The second-order valence-electron chi connectivity index (χ2n) is 9.20. The zero-order valence-electron chi connectivity index (χ0n) is 17.0. The van der Waals surface area contributed by atoms with Gasteiger partial charge in [-0.1, -0.05) is 12.1 Å². The van der Waals surface area contributed by atoms with Crippen LogP contribution in [0.15, 0.2) is 24.3 Å². The van der Waals surface area contributed by atoms with Gasteiger partial charge in [0.1, 0.15) is 5.75 Å². The number of amides is 1. The van der Waals surface area contributed by atoms with Gasteiger partial charge < -0.3 is 9.64 Å². The molecule has 4 fully saturated rings. The van der Waals surface area contributed by atoms with Crippen LogP contribution in [0.2, 0.25) is 0 Å². The molecule has 1 aliphatic carbocycles. The molecule has 0 N–H and O–H groups in total. The maximum atomic E-state index is 13.0. The summed E-state index contributed by atoms with van der Waals surface area (Å²) in [5, 5.41) is -0.165. The van der Waals surface area contributed by atoms with Crippen LogP contribution in [-0.2, 0) is 21.2 Å². The van der Waals surface area contributed by atoms with Crippen LogP contribution in [0.4, 0.5) is 0 Å². The molecule has 0 unspecified atom stereocenters. The van der Waals surface area contributed by atoms with Crippen molar-refractivity contribution >= 4 is 15.9 Å². The monoisotopic (exact) mass is 418 g/mol. The van der Waals surface area contributed by atoms with Gasteiger partial charge in [-0.25, -0.2) is 12.7 Å². The Morgan fingerprint density at radius 3 is 2.69 bits per heavy atom. The van der Waals surface area contributed by atoms with E-state index in [1.54, 1.807) is 11.4 Å². The van der Waals surface area contributed by atoms with Crippen LogP contribution in [0.5, 0.6) is 5.75 Å². The smallest absolute Gasteiger partial charge is 0.223 e. The highest BCUT2D eigenvalue weighted by molar-refractivity contribution is 7.90. The van der Waals surface area contributed by atoms with E-state index in [4.69, 9.17) is 4.74 Å². The summed E-state index contributed by atoms with van der Waals surface area (Å²) in [6.45, 7) is 1.15. The minimum absolute atomic E-state index is 0.0633. The lowest BCUT2D eigenvalue weighted by Crippen LogP contribution is -2.66. The lowest BCUT2D eigenvalue weighted by Gasteiger charge is -2.56. The van der Waals surface area contributed by atoms with Crippen molar-refractivity contribution in [2.24, 2.45) is 11.8 Å². The van der Waals surface area contributed by atoms with Crippen molar-refractivity contribution < 1.29 is 17.9 Å². The fourth-order valence-corrected chi connectivity index (χ4v) is 7.77. The van der Waals surface area contributed by atoms with Gasteiger partial charge in [0.05, 0.1) is 12.4 Å². The molecule has 4 atom stereocenters. The number of ether oxygens (including phenoxy) is 1. The third-order valence-corrected chi connectivity index (χ3v) is 9.68. The Labute approximate surface area is 173 Å². The van der Waals surface area contributed by atoms with Gasteiger partial charge in [-0.05, 0) is 68.1 Å². The molecule has 29 heavy (non-hydrogen) atoms. The number of rotatable bonds is 5. The minimum Gasteiger partial charge on any atom is -0.497 e. The molecule has 3 saturated heterocycles. The molecule has 1 aromatic carbocycles. The maximum absolute atomic E-state index is 13.0. The fraction of sp³-hybridized carbons (Fsp3) is 0.682. The van der Waals surface area contributed by atoms with Crippen molar-refractivity contribution in [3.05, 3.63) is 29.8 Å². The van der Waals surface area contributed by atoms with Crippen LogP contribution >= 0.6 is 0 Å². The van der Waals surface area contributed by atoms with Gasteiger partial charge in [0.25, 0.3) is 0 Å². The highest BCUT2D eigenvalue weighted by atomic mass is 32.2. The zero-order chi connectivity index (χ0) is 20.2. The minimum atomic E-state index is -3.18. The molecule has 5 rings (SSSR count). The lowest BCUT2D eigenvalue weighted by molar-refractivity contribution is -0.150. The molecule has 3 heterocycles. The zero-order valence-corrected chi connectivity index (χ0v) is 17.8. The van der Waals surface area contributed by atoms with Gasteiger partial charge in [0.15, 0.2) is 0 Å². The molecular weight excluding hydrogens is 388 g/mol. The third kappa shape index (κ3) is 3.46. The van der Waals surface area contributed by atoms with Crippen molar-refractivity contribution in [1.29, 1.82) is 0 Å². The van der Waals surface area contributed by atoms with E-state index < -0.39 is 10.0 Å². The summed E-state index contributed by atoms with van der Waals surface area (Å²) >= 11 is 0. The Morgan fingerprint density at radius 2 is 1.93 bits per heavy atom. The number of fused-ring (bicyclic) bond motifs is 4. The molecule has 0 radical (unpaired) electrons. The first-order chi connectivity index (χ1) is 14.0. The molecule has 3 aliphatic heterocycles. The normalized spacial score (nSPS) is 32.7. The number of benzene rings is 1. The first-order valence-corrected chi connectivity index (χ1v) is 12.4. The molecule has 1 aromatic rings. The Balaban J connectivity index is 1.46. The average molecular weight is 419 g/mol. The van der Waals surface area contributed by atoms with Crippen LogP contribution in [0, 0.1) is 11.8 Å². The summed E-state index contributed by atoms with van der Waals surface area (Å²) in [4.78, 5) is 15.1. The van der Waals surface area contributed by atoms with Crippen molar-refractivity contribution in [1.82, 2.24) is 9.21 Å². The average Bonchev–Trinajstić information content (AvgIpc) is 3.57. The summed E-state index contributed by atoms with van der Waals surface area (Å²) in [6.07, 6.45) is 5.92. The number of carbonyl (C=O) groups is 1. The van der Waals surface area contributed by atoms with Crippen molar-refractivity contribution in [3.8, 4) is 5.75 Å². The van der Waals surface area contributed by atoms with Crippen LogP contribution < -0.4 is 4.74 Å². The second-order valence-corrected chi connectivity index (χ2v) is 11.4. The van der Waals surface area contributed by atoms with Gasteiger partial charge in [-0.3, -0.25) is 4.79 Å². The predicted octanol–water partition coefficient (Wildman–Crippen LogP) is 2.43. The summed E-state index contributed by atoms with van der Waals surface area (Å²) in [7, 11) is -1.52. The first-order valence-electron chi connectivity index (χ1n) is 10.9. The number of sulfonamides is 1.